The SMILES string of the molecule is CCC(=O)N(c1c(C)cccc1CC)C(C)COC. The molecule has 1 amide bonds. The molecule has 0 aliphatic heterocycles. The number of methoxy groups -OCH3 is 1. The van der Waals surface area contributed by atoms with Crippen molar-refractivity contribution >= 4 is 11.6 Å². The molecule has 3 nitrogen and oxygen atoms in total. The predicted octanol–water partition coefficient (Wildman–Crippen LogP) is 3.34. The quantitative estimate of drug-likeness (QED) is 0.788. The molecule has 0 aliphatic carbocycles. The first-order valence-electron chi connectivity index (χ1n) is 6.96. The van der Waals surface area contributed by atoms with E-state index in [0.29, 0.717) is 13.0 Å². The molecule has 0 heterocycles. The molecule has 1 rings (SSSR count). The fourth-order valence-electron chi connectivity index (χ4n) is 2.43. The Morgan fingerprint density at radius 3 is 2.58 bits per heavy atom. The van der Waals surface area contributed by atoms with E-state index < -0.39 is 0 Å². The summed E-state index contributed by atoms with van der Waals surface area (Å²) in [4.78, 5) is 14.2. The van der Waals surface area contributed by atoms with Crippen molar-refractivity contribution in [1.82, 2.24) is 0 Å². The third-order valence-electron chi connectivity index (χ3n) is 3.36. The third-order valence-corrected chi connectivity index (χ3v) is 3.36. The van der Waals surface area contributed by atoms with Gasteiger partial charge in [0.1, 0.15) is 0 Å². The second-order valence-electron chi connectivity index (χ2n) is 4.86. The minimum absolute atomic E-state index is 0.0452. The van der Waals surface area contributed by atoms with Crippen LogP contribution in [0.4, 0.5) is 5.69 Å². The largest absolute Gasteiger partial charge is 0.383 e. The first-order chi connectivity index (χ1) is 9.06. The van der Waals surface area contributed by atoms with Gasteiger partial charge in [-0.05, 0) is 31.4 Å². The summed E-state index contributed by atoms with van der Waals surface area (Å²) in [6.45, 7) is 8.66. The Morgan fingerprint density at radius 1 is 1.37 bits per heavy atom. The second kappa shape index (κ2) is 7.29. The lowest BCUT2D eigenvalue weighted by atomic mass is 10.0. The van der Waals surface area contributed by atoms with Crippen LogP contribution in [0.3, 0.4) is 0 Å². The minimum atomic E-state index is 0.0452. The molecule has 0 saturated carbocycles. The Morgan fingerprint density at radius 2 is 2.05 bits per heavy atom. The maximum absolute atomic E-state index is 12.3. The van der Waals surface area contributed by atoms with E-state index in [1.807, 2.05) is 24.8 Å². The number of para-hydroxylation sites is 1. The van der Waals surface area contributed by atoms with Crippen LogP contribution in [0.15, 0.2) is 18.2 Å². The molecule has 3 heteroatoms. The fraction of sp³-hybridized carbons (Fsp3) is 0.562. The number of anilines is 1. The number of hydrogen-bond donors (Lipinski definition) is 0. The number of aryl methyl sites for hydroxylation is 2. The van der Waals surface area contributed by atoms with Crippen LogP contribution in [-0.4, -0.2) is 25.7 Å². The van der Waals surface area contributed by atoms with E-state index in [1.54, 1.807) is 7.11 Å². The molecule has 0 aromatic heterocycles. The molecule has 0 spiro atoms. The van der Waals surface area contributed by atoms with E-state index in [0.717, 1.165) is 17.7 Å². The van der Waals surface area contributed by atoms with E-state index in [-0.39, 0.29) is 11.9 Å². The summed E-state index contributed by atoms with van der Waals surface area (Å²) in [6, 6.07) is 6.25. The maximum atomic E-state index is 12.3. The average molecular weight is 263 g/mol. The van der Waals surface area contributed by atoms with Crippen molar-refractivity contribution in [3.63, 3.8) is 0 Å². The van der Waals surface area contributed by atoms with Crippen molar-refractivity contribution in [2.45, 2.75) is 46.6 Å². The Balaban J connectivity index is 3.28. The highest BCUT2D eigenvalue weighted by Crippen LogP contribution is 2.28. The van der Waals surface area contributed by atoms with Crippen LogP contribution in [0, 0.1) is 6.92 Å². The first kappa shape index (κ1) is 15.7. The first-order valence-corrected chi connectivity index (χ1v) is 6.96. The van der Waals surface area contributed by atoms with Gasteiger partial charge in [-0.2, -0.15) is 0 Å². The number of benzene rings is 1. The van der Waals surface area contributed by atoms with Crippen molar-refractivity contribution in [1.29, 1.82) is 0 Å². The van der Waals surface area contributed by atoms with Crippen molar-refractivity contribution in [3.8, 4) is 0 Å². The van der Waals surface area contributed by atoms with E-state index >= 15 is 0 Å². The summed E-state index contributed by atoms with van der Waals surface area (Å²) >= 11 is 0. The lowest BCUT2D eigenvalue weighted by molar-refractivity contribution is -0.119. The zero-order valence-electron chi connectivity index (χ0n) is 12.7. The minimum Gasteiger partial charge on any atom is -0.383 e. The highest BCUT2D eigenvalue weighted by molar-refractivity contribution is 5.95. The lowest BCUT2D eigenvalue weighted by Gasteiger charge is -2.32. The van der Waals surface area contributed by atoms with Crippen LogP contribution >= 0.6 is 0 Å². The molecule has 19 heavy (non-hydrogen) atoms. The van der Waals surface area contributed by atoms with Crippen LogP contribution in [-0.2, 0) is 16.0 Å². The van der Waals surface area contributed by atoms with Gasteiger partial charge >= 0.3 is 0 Å². The van der Waals surface area contributed by atoms with Crippen LogP contribution in [0.2, 0.25) is 0 Å². The Bertz CT molecular complexity index is 429. The van der Waals surface area contributed by atoms with Crippen LogP contribution in [0.5, 0.6) is 0 Å². The number of ether oxygens (including phenoxy) is 1. The van der Waals surface area contributed by atoms with Gasteiger partial charge in [0.25, 0.3) is 0 Å². The van der Waals surface area contributed by atoms with E-state index in [4.69, 9.17) is 4.74 Å². The van der Waals surface area contributed by atoms with Gasteiger partial charge in [0.15, 0.2) is 0 Å². The molecule has 0 N–H and O–H groups in total. The van der Waals surface area contributed by atoms with Gasteiger partial charge in [0, 0.05) is 13.5 Å². The number of amides is 1. The summed E-state index contributed by atoms with van der Waals surface area (Å²) in [7, 11) is 1.67. The summed E-state index contributed by atoms with van der Waals surface area (Å²) < 4.78 is 5.22. The van der Waals surface area contributed by atoms with E-state index in [2.05, 4.69) is 26.0 Å². The number of hydrogen-bond acceptors (Lipinski definition) is 2. The molecular weight excluding hydrogens is 238 g/mol. The number of rotatable bonds is 6. The van der Waals surface area contributed by atoms with Crippen molar-refractivity contribution < 1.29 is 9.53 Å². The second-order valence-corrected chi connectivity index (χ2v) is 4.86. The molecule has 0 radical (unpaired) electrons. The van der Waals surface area contributed by atoms with Gasteiger partial charge in [-0.3, -0.25) is 4.79 Å². The molecular formula is C16H25NO2. The Hall–Kier alpha value is -1.35. The highest BCUT2D eigenvalue weighted by Gasteiger charge is 2.23. The molecule has 0 fully saturated rings. The van der Waals surface area contributed by atoms with Gasteiger partial charge in [-0.25, -0.2) is 0 Å². The molecule has 106 valence electrons. The molecule has 1 aromatic carbocycles. The summed E-state index contributed by atoms with van der Waals surface area (Å²) in [5, 5.41) is 0. The lowest BCUT2D eigenvalue weighted by Crippen LogP contribution is -2.42. The summed E-state index contributed by atoms with van der Waals surface area (Å²) in [5.74, 6) is 0.147. The summed E-state index contributed by atoms with van der Waals surface area (Å²) in [6.07, 6.45) is 1.43. The third kappa shape index (κ3) is 3.57. The van der Waals surface area contributed by atoms with Crippen molar-refractivity contribution in [2.24, 2.45) is 0 Å². The van der Waals surface area contributed by atoms with Crippen LogP contribution < -0.4 is 4.90 Å². The smallest absolute Gasteiger partial charge is 0.227 e. The normalized spacial score (nSPS) is 12.3. The molecule has 0 bridgehead atoms. The zero-order chi connectivity index (χ0) is 14.4. The van der Waals surface area contributed by atoms with Gasteiger partial charge in [0.2, 0.25) is 5.91 Å². The predicted molar refractivity (Wildman–Crippen MR) is 79.7 cm³/mol. The summed E-state index contributed by atoms with van der Waals surface area (Å²) in [5.41, 5.74) is 3.41. The van der Waals surface area contributed by atoms with Crippen LogP contribution in [0.25, 0.3) is 0 Å². The number of carbonyl (C=O) groups excluding carboxylic acids is 1. The zero-order valence-corrected chi connectivity index (χ0v) is 12.7. The van der Waals surface area contributed by atoms with Crippen molar-refractivity contribution in [3.05, 3.63) is 29.3 Å². The Labute approximate surface area is 116 Å². The van der Waals surface area contributed by atoms with Gasteiger partial charge in [-0.15, -0.1) is 0 Å². The van der Waals surface area contributed by atoms with Gasteiger partial charge in [0.05, 0.1) is 18.3 Å². The van der Waals surface area contributed by atoms with Crippen LogP contribution in [0.1, 0.15) is 38.3 Å². The number of carbonyl (C=O) groups is 1. The molecule has 1 atom stereocenters. The monoisotopic (exact) mass is 263 g/mol. The van der Waals surface area contributed by atoms with E-state index in [1.165, 1.54) is 5.56 Å². The van der Waals surface area contributed by atoms with E-state index in [9.17, 15) is 4.79 Å². The number of nitrogens with zero attached hydrogens (tertiary/aromatic N) is 1. The molecule has 0 aliphatic rings. The highest BCUT2D eigenvalue weighted by atomic mass is 16.5. The van der Waals surface area contributed by atoms with Gasteiger partial charge in [-0.1, -0.05) is 32.0 Å². The standard InChI is InChI=1S/C16H25NO2/c1-6-14-10-8-9-12(3)16(14)17(15(18)7-2)13(4)11-19-5/h8-10,13H,6-7,11H2,1-5H3. The molecule has 0 saturated heterocycles. The van der Waals surface area contributed by atoms with Crippen molar-refractivity contribution in [2.75, 3.05) is 18.6 Å². The topological polar surface area (TPSA) is 29.5 Å². The molecule has 1 aromatic rings. The fourth-order valence-corrected chi connectivity index (χ4v) is 2.43. The maximum Gasteiger partial charge on any atom is 0.227 e. The average Bonchev–Trinajstić information content (AvgIpc) is 2.40. The Kier molecular flexibility index (Phi) is 6.03. The van der Waals surface area contributed by atoms with Gasteiger partial charge < -0.3 is 9.64 Å². The molecule has 1 unspecified atom stereocenters.